The predicted molar refractivity (Wildman–Crippen MR) is 107 cm³/mol. The van der Waals surface area contributed by atoms with Gasteiger partial charge in [-0.3, -0.25) is 0 Å². The molecule has 2 aromatic carbocycles. The smallest absolute Gasteiger partial charge is 0.357 e. The minimum Gasteiger partial charge on any atom is -0.465 e. The SMILES string of the molecule is COC(=O)c1c(-c2cc3sccc3cc2F)nn(-c2ccccc2)c1C(=O)OC. The van der Waals surface area contributed by atoms with E-state index in [-0.39, 0.29) is 22.5 Å². The zero-order valence-electron chi connectivity index (χ0n) is 15.5. The van der Waals surface area contributed by atoms with E-state index in [4.69, 9.17) is 9.47 Å². The van der Waals surface area contributed by atoms with Gasteiger partial charge in [-0.05, 0) is 41.1 Å². The molecule has 0 radical (unpaired) electrons. The Morgan fingerprint density at radius 1 is 1.03 bits per heavy atom. The number of carbonyl (C=O) groups is 2. The quantitative estimate of drug-likeness (QED) is 0.465. The number of ether oxygens (including phenoxy) is 2. The van der Waals surface area contributed by atoms with Crippen LogP contribution in [0.3, 0.4) is 0 Å². The van der Waals surface area contributed by atoms with Crippen molar-refractivity contribution >= 4 is 33.4 Å². The molecule has 0 saturated heterocycles. The third-order valence-corrected chi connectivity index (χ3v) is 5.33. The number of nitrogens with zero attached hydrogens (tertiary/aromatic N) is 2. The molecule has 2 heterocycles. The van der Waals surface area contributed by atoms with Crippen LogP contribution >= 0.6 is 11.3 Å². The first kappa shape index (κ1) is 18.8. The molecule has 29 heavy (non-hydrogen) atoms. The summed E-state index contributed by atoms with van der Waals surface area (Å²) in [6.45, 7) is 0. The largest absolute Gasteiger partial charge is 0.465 e. The summed E-state index contributed by atoms with van der Waals surface area (Å²) in [5.74, 6) is -2.16. The zero-order valence-corrected chi connectivity index (χ0v) is 16.3. The van der Waals surface area contributed by atoms with Gasteiger partial charge in [0, 0.05) is 10.3 Å². The van der Waals surface area contributed by atoms with Gasteiger partial charge in [0.25, 0.3) is 0 Å². The number of fused-ring (bicyclic) bond motifs is 1. The van der Waals surface area contributed by atoms with Crippen molar-refractivity contribution in [1.82, 2.24) is 9.78 Å². The van der Waals surface area contributed by atoms with Crippen LogP contribution in [0.1, 0.15) is 20.8 Å². The van der Waals surface area contributed by atoms with Crippen LogP contribution in [0.5, 0.6) is 0 Å². The summed E-state index contributed by atoms with van der Waals surface area (Å²) in [5.41, 5.74) is 0.334. The monoisotopic (exact) mass is 410 g/mol. The molecule has 0 unspecified atom stereocenters. The second kappa shape index (κ2) is 7.48. The van der Waals surface area contributed by atoms with Crippen LogP contribution < -0.4 is 0 Å². The van der Waals surface area contributed by atoms with Crippen LogP contribution in [0, 0.1) is 5.82 Å². The van der Waals surface area contributed by atoms with Crippen molar-refractivity contribution in [2.45, 2.75) is 0 Å². The highest BCUT2D eigenvalue weighted by Gasteiger charge is 2.32. The maximum atomic E-state index is 14.9. The van der Waals surface area contributed by atoms with E-state index < -0.39 is 17.8 Å². The molecule has 8 heteroatoms. The summed E-state index contributed by atoms with van der Waals surface area (Å²) in [7, 11) is 2.38. The van der Waals surface area contributed by atoms with Gasteiger partial charge >= 0.3 is 11.9 Å². The van der Waals surface area contributed by atoms with Crippen molar-refractivity contribution in [3.05, 3.63) is 71.0 Å². The van der Waals surface area contributed by atoms with Crippen LogP contribution in [0.4, 0.5) is 4.39 Å². The second-order valence-corrected chi connectivity index (χ2v) is 7.04. The Labute approximate surface area is 169 Å². The van der Waals surface area contributed by atoms with Gasteiger partial charge in [0.1, 0.15) is 17.1 Å². The van der Waals surface area contributed by atoms with Gasteiger partial charge in [-0.2, -0.15) is 5.10 Å². The van der Waals surface area contributed by atoms with E-state index in [0.717, 1.165) is 10.1 Å². The molecular weight excluding hydrogens is 395 g/mol. The lowest BCUT2D eigenvalue weighted by atomic mass is 10.0. The van der Waals surface area contributed by atoms with Gasteiger partial charge in [-0.1, -0.05) is 18.2 Å². The second-order valence-electron chi connectivity index (χ2n) is 6.09. The molecule has 0 aliphatic rings. The van der Waals surface area contributed by atoms with E-state index in [1.807, 2.05) is 5.38 Å². The first-order valence-electron chi connectivity index (χ1n) is 8.57. The minimum absolute atomic E-state index is 0.00824. The molecule has 0 bridgehead atoms. The third-order valence-electron chi connectivity index (χ3n) is 4.45. The summed E-state index contributed by atoms with van der Waals surface area (Å²) >= 11 is 1.43. The fourth-order valence-electron chi connectivity index (χ4n) is 3.11. The van der Waals surface area contributed by atoms with Gasteiger partial charge in [-0.15, -0.1) is 11.3 Å². The summed E-state index contributed by atoms with van der Waals surface area (Å²) < 4.78 is 26.8. The van der Waals surface area contributed by atoms with Crippen molar-refractivity contribution in [2.24, 2.45) is 0 Å². The first-order valence-corrected chi connectivity index (χ1v) is 9.45. The van der Waals surface area contributed by atoms with Crippen LogP contribution in [-0.4, -0.2) is 35.9 Å². The Morgan fingerprint density at radius 3 is 2.45 bits per heavy atom. The zero-order chi connectivity index (χ0) is 20.5. The van der Waals surface area contributed by atoms with Crippen LogP contribution in [-0.2, 0) is 9.47 Å². The Morgan fingerprint density at radius 2 is 1.76 bits per heavy atom. The number of methoxy groups -OCH3 is 2. The highest BCUT2D eigenvalue weighted by Crippen LogP contribution is 2.34. The van der Waals surface area contributed by atoms with Crippen LogP contribution in [0.25, 0.3) is 27.0 Å². The number of rotatable bonds is 4. The molecule has 4 aromatic rings. The number of halogens is 1. The number of hydrogen-bond donors (Lipinski definition) is 0. The van der Waals surface area contributed by atoms with E-state index >= 15 is 0 Å². The Balaban J connectivity index is 2.07. The molecule has 146 valence electrons. The average molecular weight is 410 g/mol. The van der Waals surface area contributed by atoms with Crippen molar-refractivity contribution in [1.29, 1.82) is 0 Å². The van der Waals surface area contributed by atoms with E-state index in [1.54, 1.807) is 42.5 Å². The minimum atomic E-state index is -0.812. The van der Waals surface area contributed by atoms with E-state index in [2.05, 4.69) is 5.10 Å². The summed E-state index contributed by atoms with van der Waals surface area (Å²) in [6, 6.07) is 13.5. The highest BCUT2D eigenvalue weighted by atomic mass is 32.1. The molecule has 4 rings (SSSR count). The topological polar surface area (TPSA) is 70.4 Å². The maximum absolute atomic E-state index is 14.9. The number of carbonyl (C=O) groups excluding carboxylic acids is 2. The lowest BCUT2D eigenvalue weighted by molar-refractivity contribution is 0.0549. The first-order chi connectivity index (χ1) is 14.0. The fourth-order valence-corrected chi connectivity index (χ4v) is 3.92. The summed E-state index contributed by atoms with van der Waals surface area (Å²) in [6.07, 6.45) is 0. The molecule has 2 aromatic heterocycles. The van der Waals surface area contributed by atoms with Crippen LogP contribution in [0.15, 0.2) is 53.9 Å². The fraction of sp³-hybridized carbons (Fsp3) is 0.0952. The van der Waals surface area contributed by atoms with Crippen molar-refractivity contribution < 1.29 is 23.5 Å². The standard InChI is InChI=1S/C21H15FN2O4S/c1-27-20(25)17-18(14-11-16-12(8-9-29-16)10-15(14)22)23-24(19(17)21(26)28-2)13-6-4-3-5-7-13/h3-11H,1-2H3. The molecule has 0 fully saturated rings. The van der Waals surface area contributed by atoms with E-state index in [0.29, 0.717) is 5.69 Å². The molecule has 0 N–H and O–H groups in total. The molecule has 0 spiro atoms. The van der Waals surface area contributed by atoms with E-state index in [9.17, 15) is 14.0 Å². The number of thiophene rings is 1. The normalized spacial score (nSPS) is 10.9. The lowest BCUT2D eigenvalue weighted by Gasteiger charge is -2.07. The van der Waals surface area contributed by atoms with Crippen LogP contribution in [0.2, 0.25) is 0 Å². The molecule has 0 aliphatic carbocycles. The molecule has 6 nitrogen and oxygen atoms in total. The molecule has 0 saturated carbocycles. The number of esters is 2. The van der Waals surface area contributed by atoms with Gasteiger partial charge in [0.05, 0.1) is 19.9 Å². The van der Waals surface area contributed by atoms with Crippen molar-refractivity contribution in [2.75, 3.05) is 14.2 Å². The number of benzene rings is 2. The number of hydrogen-bond acceptors (Lipinski definition) is 6. The molecular formula is C21H15FN2O4S. The molecule has 0 amide bonds. The van der Waals surface area contributed by atoms with Gasteiger partial charge in [0.2, 0.25) is 0 Å². The van der Waals surface area contributed by atoms with Gasteiger partial charge < -0.3 is 9.47 Å². The average Bonchev–Trinajstić information content (AvgIpc) is 3.36. The van der Waals surface area contributed by atoms with Crippen molar-refractivity contribution in [3.8, 4) is 16.9 Å². The summed E-state index contributed by atoms with van der Waals surface area (Å²) in [5, 5.41) is 7.01. The Bertz CT molecular complexity index is 1230. The Hall–Kier alpha value is -3.52. The predicted octanol–water partition coefficient (Wildman–Crippen LogP) is 4.47. The van der Waals surface area contributed by atoms with Crippen molar-refractivity contribution in [3.63, 3.8) is 0 Å². The Kier molecular flexibility index (Phi) is 4.85. The van der Waals surface area contributed by atoms with Gasteiger partial charge in [0.15, 0.2) is 5.69 Å². The van der Waals surface area contributed by atoms with Gasteiger partial charge in [-0.25, -0.2) is 18.7 Å². The number of aromatic nitrogens is 2. The van der Waals surface area contributed by atoms with E-state index in [1.165, 1.54) is 36.3 Å². The molecule has 0 aliphatic heterocycles. The third kappa shape index (κ3) is 3.17. The maximum Gasteiger partial charge on any atom is 0.357 e. The number of para-hydroxylation sites is 1. The lowest BCUT2D eigenvalue weighted by Crippen LogP contribution is -2.15. The summed E-state index contributed by atoms with van der Waals surface area (Å²) in [4.78, 5) is 25.2. The highest BCUT2D eigenvalue weighted by molar-refractivity contribution is 7.17. The molecule has 0 atom stereocenters.